The van der Waals surface area contributed by atoms with E-state index in [1.54, 1.807) is 0 Å². The van der Waals surface area contributed by atoms with Crippen molar-refractivity contribution < 1.29 is 23.9 Å². The maximum atomic E-state index is 13.6. The predicted octanol–water partition coefficient (Wildman–Crippen LogP) is 10.2. The summed E-state index contributed by atoms with van der Waals surface area (Å²) in [4.78, 5) is 38.1. The standard InChI is InChI=1S/C39H64O5/c1-5-6-7-8-9-10-11-12-13-14-15-16-17-18-19-20-36(42)44-35-22-21-32-37-33(24-26-39(32,35)4)38(3)25-23-31(43-29(2)40)27-30(38)28-34(37)41/h28,31-33,35,37H,5-27H2,1-4H3/t31-,32-,33-,35-,37-,38-,39-/m0/s1. The predicted molar refractivity (Wildman–Crippen MR) is 177 cm³/mol. The Bertz CT molecular complexity index is 985. The third kappa shape index (κ3) is 8.78. The van der Waals surface area contributed by atoms with E-state index in [0.717, 1.165) is 51.4 Å². The van der Waals surface area contributed by atoms with E-state index in [0.29, 0.717) is 18.8 Å². The summed E-state index contributed by atoms with van der Waals surface area (Å²) in [6, 6.07) is 0. The molecule has 4 aliphatic rings. The number of unbranched alkanes of at least 4 members (excludes halogenated alkanes) is 14. The Morgan fingerprint density at radius 3 is 1.93 bits per heavy atom. The average Bonchev–Trinajstić information content (AvgIpc) is 3.31. The van der Waals surface area contributed by atoms with Crippen LogP contribution in [0.25, 0.3) is 0 Å². The highest BCUT2D eigenvalue weighted by Gasteiger charge is 2.62. The smallest absolute Gasteiger partial charge is 0.306 e. The molecule has 4 rings (SSSR count). The quantitative estimate of drug-likeness (QED) is 0.114. The van der Waals surface area contributed by atoms with Crippen molar-refractivity contribution in [1.29, 1.82) is 0 Å². The van der Waals surface area contributed by atoms with E-state index in [9.17, 15) is 14.4 Å². The first kappa shape index (κ1) is 35.2. The van der Waals surface area contributed by atoms with E-state index < -0.39 is 0 Å². The average molecular weight is 613 g/mol. The fraction of sp³-hybridized carbons (Fsp3) is 0.872. The molecule has 4 aliphatic carbocycles. The molecule has 0 saturated heterocycles. The Kier molecular flexibility index (Phi) is 13.4. The number of esters is 2. The summed E-state index contributed by atoms with van der Waals surface area (Å²) in [5, 5.41) is 0. The molecular weight excluding hydrogens is 548 g/mol. The van der Waals surface area contributed by atoms with Gasteiger partial charge in [0.15, 0.2) is 5.78 Å². The second-order valence-electron chi connectivity index (χ2n) is 15.5. The molecule has 0 aromatic rings. The van der Waals surface area contributed by atoms with E-state index in [4.69, 9.17) is 9.47 Å². The first-order valence-electron chi connectivity index (χ1n) is 18.8. The van der Waals surface area contributed by atoms with E-state index in [-0.39, 0.29) is 52.6 Å². The molecule has 0 heterocycles. The van der Waals surface area contributed by atoms with E-state index in [1.807, 2.05) is 6.08 Å². The van der Waals surface area contributed by atoms with Crippen molar-refractivity contribution in [3.8, 4) is 0 Å². The second kappa shape index (κ2) is 16.8. The summed E-state index contributed by atoms with van der Waals surface area (Å²) in [6.45, 7) is 8.38. The summed E-state index contributed by atoms with van der Waals surface area (Å²) in [7, 11) is 0. The zero-order valence-corrected chi connectivity index (χ0v) is 28.8. The van der Waals surface area contributed by atoms with Crippen molar-refractivity contribution in [1.82, 2.24) is 0 Å². The van der Waals surface area contributed by atoms with Crippen LogP contribution in [0.2, 0.25) is 0 Å². The Morgan fingerprint density at radius 1 is 0.750 bits per heavy atom. The van der Waals surface area contributed by atoms with Gasteiger partial charge in [-0.15, -0.1) is 0 Å². The molecule has 0 spiro atoms. The Balaban J connectivity index is 1.13. The molecule has 5 nitrogen and oxygen atoms in total. The molecule has 5 heteroatoms. The monoisotopic (exact) mass is 612 g/mol. The van der Waals surface area contributed by atoms with Crippen molar-refractivity contribution in [2.24, 2.45) is 28.6 Å². The SMILES string of the molecule is CCCCCCCCCCCCCCCCCC(=O)O[C@H]1CC[C@H]2[C@@H]3C(=O)C=C4C[C@@H](OC(C)=O)CC[C@]4(C)[C@H]3CC[C@]12C. The minimum atomic E-state index is -0.237. The number of hydrogen-bond acceptors (Lipinski definition) is 5. The van der Waals surface area contributed by atoms with Crippen molar-refractivity contribution >= 4 is 17.7 Å². The van der Waals surface area contributed by atoms with Crippen LogP contribution >= 0.6 is 0 Å². The van der Waals surface area contributed by atoms with Gasteiger partial charge in [0.05, 0.1) is 0 Å². The Morgan fingerprint density at radius 2 is 1.34 bits per heavy atom. The number of ether oxygens (including phenoxy) is 2. The van der Waals surface area contributed by atoms with Crippen LogP contribution in [0.5, 0.6) is 0 Å². The molecule has 0 amide bonds. The van der Waals surface area contributed by atoms with Gasteiger partial charge in [-0.1, -0.05) is 116 Å². The van der Waals surface area contributed by atoms with Crippen LogP contribution in [-0.2, 0) is 23.9 Å². The van der Waals surface area contributed by atoms with Crippen LogP contribution in [0.1, 0.15) is 175 Å². The molecule has 3 saturated carbocycles. The molecule has 0 aromatic carbocycles. The zero-order valence-electron chi connectivity index (χ0n) is 28.8. The number of allylic oxidation sites excluding steroid dienone is 1. The molecule has 0 aliphatic heterocycles. The minimum Gasteiger partial charge on any atom is -0.462 e. The molecule has 44 heavy (non-hydrogen) atoms. The number of ketones is 1. The lowest BCUT2D eigenvalue weighted by Gasteiger charge is -2.56. The summed E-state index contributed by atoms with van der Waals surface area (Å²) in [5.41, 5.74) is 1.08. The molecule has 0 N–H and O–H groups in total. The van der Waals surface area contributed by atoms with E-state index >= 15 is 0 Å². The van der Waals surface area contributed by atoms with Gasteiger partial charge in [-0.3, -0.25) is 14.4 Å². The van der Waals surface area contributed by atoms with E-state index in [2.05, 4.69) is 20.8 Å². The van der Waals surface area contributed by atoms with Gasteiger partial charge in [0.1, 0.15) is 12.2 Å². The minimum absolute atomic E-state index is 0.00112. The normalized spacial score (nSPS) is 32.8. The van der Waals surface area contributed by atoms with Crippen LogP contribution < -0.4 is 0 Å². The number of hydrogen-bond donors (Lipinski definition) is 0. The molecule has 7 atom stereocenters. The van der Waals surface area contributed by atoms with Gasteiger partial charge >= 0.3 is 11.9 Å². The van der Waals surface area contributed by atoms with Crippen molar-refractivity contribution in [3.63, 3.8) is 0 Å². The van der Waals surface area contributed by atoms with Crippen LogP contribution in [0.15, 0.2) is 11.6 Å². The Hall–Kier alpha value is -1.65. The molecular formula is C39H64O5. The summed E-state index contributed by atoms with van der Waals surface area (Å²) in [6.07, 6.45) is 28.4. The highest BCUT2D eigenvalue weighted by Crippen LogP contribution is 2.64. The van der Waals surface area contributed by atoms with Gasteiger partial charge in [0.2, 0.25) is 0 Å². The zero-order chi connectivity index (χ0) is 31.6. The van der Waals surface area contributed by atoms with E-state index in [1.165, 1.54) is 96.0 Å². The van der Waals surface area contributed by atoms with Gasteiger partial charge in [0.25, 0.3) is 0 Å². The third-order valence-corrected chi connectivity index (χ3v) is 12.4. The van der Waals surface area contributed by atoms with Gasteiger partial charge in [-0.2, -0.15) is 0 Å². The number of rotatable bonds is 18. The largest absolute Gasteiger partial charge is 0.462 e. The number of carbonyl (C=O) groups is 3. The van der Waals surface area contributed by atoms with Gasteiger partial charge in [0, 0.05) is 31.1 Å². The molecule has 3 fully saturated rings. The molecule has 0 unspecified atom stereocenters. The first-order valence-corrected chi connectivity index (χ1v) is 18.8. The van der Waals surface area contributed by atoms with Crippen molar-refractivity contribution in [3.05, 3.63) is 11.6 Å². The maximum absolute atomic E-state index is 13.6. The second-order valence-corrected chi connectivity index (χ2v) is 15.5. The fourth-order valence-electron chi connectivity index (χ4n) is 9.71. The summed E-state index contributed by atoms with van der Waals surface area (Å²) < 4.78 is 11.7. The van der Waals surface area contributed by atoms with Gasteiger partial charge in [-0.25, -0.2) is 0 Å². The maximum Gasteiger partial charge on any atom is 0.306 e. The molecule has 250 valence electrons. The van der Waals surface area contributed by atoms with Crippen molar-refractivity contribution in [2.45, 2.75) is 188 Å². The Labute approximate surface area is 269 Å². The molecule has 0 bridgehead atoms. The highest BCUT2D eigenvalue weighted by atomic mass is 16.5. The van der Waals surface area contributed by atoms with Crippen LogP contribution in [0, 0.1) is 28.6 Å². The van der Waals surface area contributed by atoms with Crippen LogP contribution in [-0.4, -0.2) is 29.9 Å². The fourth-order valence-corrected chi connectivity index (χ4v) is 9.71. The lowest BCUT2D eigenvalue weighted by molar-refractivity contribution is -0.161. The summed E-state index contributed by atoms with van der Waals surface area (Å²) >= 11 is 0. The van der Waals surface area contributed by atoms with Crippen LogP contribution in [0.4, 0.5) is 0 Å². The number of fused-ring (bicyclic) bond motifs is 5. The highest BCUT2D eigenvalue weighted by molar-refractivity contribution is 5.94. The third-order valence-electron chi connectivity index (χ3n) is 12.4. The lowest BCUT2D eigenvalue weighted by atomic mass is 9.47. The van der Waals surface area contributed by atoms with Gasteiger partial charge in [-0.05, 0) is 68.3 Å². The first-order chi connectivity index (χ1) is 21.2. The molecule has 0 radical (unpaired) electrons. The summed E-state index contributed by atoms with van der Waals surface area (Å²) in [5.74, 6) is 0.610. The van der Waals surface area contributed by atoms with Gasteiger partial charge < -0.3 is 9.47 Å². The van der Waals surface area contributed by atoms with Crippen molar-refractivity contribution in [2.75, 3.05) is 0 Å². The lowest BCUT2D eigenvalue weighted by Crippen LogP contribution is -2.54. The number of carbonyl (C=O) groups excluding carboxylic acids is 3. The molecule has 0 aromatic heterocycles. The topological polar surface area (TPSA) is 69.7 Å². The van der Waals surface area contributed by atoms with Crippen LogP contribution in [0.3, 0.4) is 0 Å².